The Hall–Kier alpha value is -1.37. The summed E-state index contributed by atoms with van der Waals surface area (Å²) in [5.41, 5.74) is 2.16. The van der Waals surface area contributed by atoms with Gasteiger partial charge in [0, 0.05) is 12.6 Å². The molecule has 1 aromatic heterocycles. The molecule has 0 saturated carbocycles. The molecule has 1 aromatic rings. The van der Waals surface area contributed by atoms with Crippen molar-refractivity contribution in [3.8, 4) is 0 Å². The Kier molecular flexibility index (Phi) is 2.88. The second-order valence-corrected chi connectivity index (χ2v) is 7.57. The van der Waals surface area contributed by atoms with E-state index < -0.39 is 15.8 Å². The summed E-state index contributed by atoms with van der Waals surface area (Å²) >= 11 is 0. The number of nitrogens with one attached hydrogen (secondary N) is 1. The molecule has 1 N–H and O–H groups in total. The second kappa shape index (κ2) is 4.33. The smallest absolute Gasteiger partial charge is 0.229 e. The molecule has 6 nitrogen and oxygen atoms in total. The van der Waals surface area contributed by atoms with Gasteiger partial charge in [0.05, 0.1) is 23.1 Å². The van der Waals surface area contributed by atoms with Crippen molar-refractivity contribution in [3.05, 3.63) is 11.3 Å². The summed E-state index contributed by atoms with van der Waals surface area (Å²) in [6, 6.07) is 0. The van der Waals surface area contributed by atoms with E-state index in [0.717, 1.165) is 36.3 Å². The van der Waals surface area contributed by atoms with Gasteiger partial charge in [-0.05, 0) is 25.7 Å². The van der Waals surface area contributed by atoms with Gasteiger partial charge in [0.2, 0.25) is 5.91 Å². The Morgan fingerprint density at radius 3 is 2.89 bits per heavy atom. The molecule has 0 unspecified atom stereocenters. The van der Waals surface area contributed by atoms with E-state index in [0.29, 0.717) is 6.42 Å². The zero-order valence-electron chi connectivity index (χ0n) is 10.8. The molecule has 3 rings (SSSR count). The third kappa shape index (κ3) is 2.27. The molecule has 2 heterocycles. The van der Waals surface area contributed by atoms with Crippen molar-refractivity contribution in [2.45, 2.75) is 25.7 Å². The quantitative estimate of drug-likeness (QED) is 0.845. The molecule has 1 aliphatic heterocycles. The molecule has 2 aliphatic rings. The summed E-state index contributed by atoms with van der Waals surface area (Å²) in [4.78, 5) is 12.1. The van der Waals surface area contributed by atoms with E-state index in [2.05, 4.69) is 10.4 Å². The summed E-state index contributed by atoms with van der Waals surface area (Å²) in [6.45, 7) is 0. The van der Waals surface area contributed by atoms with Crippen molar-refractivity contribution in [3.63, 3.8) is 0 Å². The number of anilines is 1. The molecule has 1 atom stereocenters. The summed E-state index contributed by atoms with van der Waals surface area (Å²) in [5.74, 6) is 0.213. The lowest BCUT2D eigenvalue weighted by Gasteiger charge is -2.11. The van der Waals surface area contributed by atoms with Crippen molar-refractivity contribution in [2.24, 2.45) is 13.0 Å². The largest absolute Gasteiger partial charge is 0.310 e. The minimum absolute atomic E-state index is 0.0289. The fourth-order valence-electron chi connectivity index (χ4n) is 2.90. The van der Waals surface area contributed by atoms with Gasteiger partial charge in [-0.3, -0.25) is 9.48 Å². The number of carbonyl (C=O) groups excluding carboxylic acids is 1. The standard InChI is InChI=1S/C12H17N3O3S/c1-15-11(9-3-2-4-10(9)14-15)13-12(16)8-5-6-19(17,18)7-8/h8H,2-7H2,1H3,(H,13,16)/t8-/m0/s1. The van der Waals surface area contributed by atoms with Crippen LogP contribution in [0.2, 0.25) is 0 Å². The molecule has 0 bridgehead atoms. The first-order valence-corrected chi connectivity index (χ1v) is 8.34. The highest BCUT2D eigenvalue weighted by Crippen LogP contribution is 2.29. The van der Waals surface area contributed by atoms with Gasteiger partial charge in [-0.15, -0.1) is 0 Å². The number of nitrogens with zero attached hydrogens (tertiary/aromatic N) is 2. The number of carbonyl (C=O) groups is 1. The molecule has 0 radical (unpaired) electrons. The number of hydrogen-bond acceptors (Lipinski definition) is 4. The average molecular weight is 283 g/mol. The minimum Gasteiger partial charge on any atom is -0.310 e. The molecule has 1 saturated heterocycles. The first-order valence-electron chi connectivity index (χ1n) is 6.52. The van der Waals surface area contributed by atoms with Gasteiger partial charge in [-0.2, -0.15) is 5.10 Å². The van der Waals surface area contributed by atoms with Crippen LogP contribution in [0.1, 0.15) is 24.1 Å². The van der Waals surface area contributed by atoms with Crippen LogP contribution in [0.5, 0.6) is 0 Å². The summed E-state index contributed by atoms with van der Waals surface area (Å²) in [7, 11) is -1.22. The third-order valence-electron chi connectivity index (χ3n) is 3.91. The van der Waals surface area contributed by atoms with Crippen LogP contribution in [-0.4, -0.2) is 35.6 Å². The highest BCUT2D eigenvalue weighted by Gasteiger charge is 2.34. The number of amides is 1. The maximum Gasteiger partial charge on any atom is 0.229 e. The Morgan fingerprint density at radius 1 is 1.42 bits per heavy atom. The fourth-order valence-corrected chi connectivity index (χ4v) is 4.64. The average Bonchev–Trinajstić information content (AvgIpc) is 2.97. The third-order valence-corrected chi connectivity index (χ3v) is 5.68. The van der Waals surface area contributed by atoms with E-state index in [9.17, 15) is 13.2 Å². The zero-order chi connectivity index (χ0) is 13.6. The van der Waals surface area contributed by atoms with Gasteiger partial charge in [-0.1, -0.05) is 0 Å². The van der Waals surface area contributed by atoms with Gasteiger partial charge in [0.25, 0.3) is 0 Å². The molecule has 1 amide bonds. The molecule has 104 valence electrons. The molecule has 0 aromatic carbocycles. The number of aromatic nitrogens is 2. The minimum atomic E-state index is -3.02. The maximum absolute atomic E-state index is 12.1. The highest BCUT2D eigenvalue weighted by atomic mass is 32.2. The highest BCUT2D eigenvalue weighted by molar-refractivity contribution is 7.91. The van der Waals surface area contributed by atoms with Crippen molar-refractivity contribution < 1.29 is 13.2 Å². The van der Waals surface area contributed by atoms with Crippen molar-refractivity contribution in [2.75, 3.05) is 16.8 Å². The van der Waals surface area contributed by atoms with Crippen LogP contribution in [-0.2, 0) is 34.5 Å². The molecular weight excluding hydrogens is 266 g/mol. The van der Waals surface area contributed by atoms with E-state index in [1.165, 1.54) is 0 Å². The van der Waals surface area contributed by atoms with Crippen molar-refractivity contribution in [1.29, 1.82) is 0 Å². The van der Waals surface area contributed by atoms with Gasteiger partial charge < -0.3 is 5.32 Å². The van der Waals surface area contributed by atoms with Gasteiger partial charge in [0.1, 0.15) is 5.82 Å². The predicted molar refractivity (Wildman–Crippen MR) is 70.6 cm³/mol. The summed E-state index contributed by atoms with van der Waals surface area (Å²) < 4.78 is 24.5. The van der Waals surface area contributed by atoms with Crippen LogP contribution in [0, 0.1) is 5.92 Å². The molecular formula is C12H17N3O3S. The first kappa shape index (κ1) is 12.7. The van der Waals surface area contributed by atoms with Gasteiger partial charge in [0.15, 0.2) is 9.84 Å². The Bertz CT molecular complexity index is 633. The lowest BCUT2D eigenvalue weighted by Crippen LogP contribution is -2.25. The van der Waals surface area contributed by atoms with Crippen LogP contribution >= 0.6 is 0 Å². The lowest BCUT2D eigenvalue weighted by atomic mass is 10.1. The zero-order valence-corrected chi connectivity index (χ0v) is 11.7. The van der Waals surface area contributed by atoms with Crippen LogP contribution in [0.25, 0.3) is 0 Å². The van der Waals surface area contributed by atoms with Gasteiger partial charge >= 0.3 is 0 Å². The summed E-state index contributed by atoms with van der Waals surface area (Å²) in [5, 5.41) is 7.25. The van der Waals surface area contributed by atoms with Crippen molar-refractivity contribution in [1.82, 2.24) is 9.78 Å². The number of fused-ring (bicyclic) bond motifs is 1. The number of rotatable bonds is 2. The number of aryl methyl sites for hydroxylation is 2. The summed E-state index contributed by atoms with van der Waals surface area (Å²) in [6.07, 6.45) is 3.38. The monoisotopic (exact) mass is 283 g/mol. The van der Waals surface area contributed by atoms with Crippen LogP contribution in [0.15, 0.2) is 0 Å². The normalized spacial score (nSPS) is 24.4. The number of sulfone groups is 1. The molecule has 1 fully saturated rings. The van der Waals surface area contributed by atoms with Crippen LogP contribution < -0.4 is 5.32 Å². The molecule has 19 heavy (non-hydrogen) atoms. The van der Waals surface area contributed by atoms with Crippen LogP contribution in [0.4, 0.5) is 5.82 Å². The molecule has 0 spiro atoms. The maximum atomic E-state index is 12.1. The Morgan fingerprint density at radius 2 is 2.21 bits per heavy atom. The van der Waals surface area contributed by atoms with E-state index in [1.54, 1.807) is 11.7 Å². The Labute approximate surface area is 112 Å². The second-order valence-electron chi connectivity index (χ2n) is 5.34. The van der Waals surface area contributed by atoms with Gasteiger partial charge in [-0.25, -0.2) is 8.42 Å². The van der Waals surface area contributed by atoms with E-state index in [1.807, 2.05) is 0 Å². The predicted octanol–water partition coefficient (Wildman–Crippen LogP) is 0.282. The topological polar surface area (TPSA) is 81.1 Å². The van der Waals surface area contributed by atoms with E-state index >= 15 is 0 Å². The first-order chi connectivity index (χ1) is 8.96. The lowest BCUT2D eigenvalue weighted by molar-refractivity contribution is -0.119. The number of hydrogen-bond donors (Lipinski definition) is 1. The Balaban J connectivity index is 1.77. The fraction of sp³-hybridized carbons (Fsp3) is 0.667. The SMILES string of the molecule is Cn1nc2c(c1NC(=O)[C@H]1CCS(=O)(=O)C1)CCC2. The van der Waals surface area contributed by atoms with E-state index in [4.69, 9.17) is 0 Å². The molecule has 7 heteroatoms. The van der Waals surface area contributed by atoms with Crippen LogP contribution in [0.3, 0.4) is 0 Å². The van der Waals surface area contributed by atoms with E-state index in [-0.39, 0.29) is 17.4 Å². The van der Waals surface area contributed by atoms with Crippen molar-refractivity contribution >= 4 is 21.6 Å². The molecule has 1 aliphatic carbocycles.